The molecule has 0 aliphatic carbocycles. The summed E-state index contributed by atoms with van der Waals surface area (Å²) in [6.45, 7) is 5.19. The first-order chi connectivity index (χ1) is 8.35. The van der Waals surface area contributed by atoms with Gasteiger partial charge in [0.15, 0.2) is 11.5 Å². The zero-order valence-electron chi connectivity index (χ0n) is 10.6. The van der Waals surface area contributed by atoms with Crippen LogP contribution in [0.1, 0.15) is 33.1 Å². The van der Waals surface area contributed by atoms with E-state index in [0.29, 0.717) is 5.73 Å². The number of benzene rings is 1. The third-order valence-electron chi connectivity index (χ3n) is 2.84. The summed E-state index contributed by atoms with van der Waals surface area (Å²) >= 11 is 0. The van der Waals surface area contributed by atoms with Crippen molar-refractivity contribution in [1.29, 1.82) is 0 Å². The Morgan fingerprint density at radius 1 is 1.35 bits per heavy atom. The van der Waals surface area contributed by atoms with Gasteiger partial charge < -0.3 is 13.9 Å². The van der Waals surface area contributed by atoms with Crippen molar-refractivity contribution in [3.63, 3.8) is 0 Å². The molecule has 1 atom stereocenters. The SMILES string of the molecule is CCCCOC(CC)[SiH2]Oc1cccc2c1O2. The number of para-hydroxylation sites is 1. The van der Waals surface area contributed by atoms with Crippen LogP contribution in [0.15, 0.2) is 18.2 Å². The van der Waals surface area contributed by atoms with E-state index in [9.17, 15) is 0 Å². The van der Waals surface area contributed by atoms with Gasteiger partial charge in [0, 0.05) is 6.61 Å². The van der Waals surface area contributed by atoms with E-state index in [1.807, 2.05) is 18.2 Å². The lowest BCUT2D eigenvalue weighted by Crippen LogP contribution is -2.25. The first kappa shape index (κ1) is 12.5. The monoisotopic (exact) mass is 252 g/mol. The molecule has 3 nitrogen and oxygen atoms in total. The maximum Gasteiger partial charge on any atom is 0.248 e. The second-order valence-electron chi connectivity index (χ2n) is 4.25. The molecule has 17 heavy (non-hydrogen) atoms. The lowest BCUT2D eigenvalue weighted by atomic mass is 10.3. The molecular weight excluding hydrogens is 232 g/mol. The van der Waals surface area contributed by atoms with Crippen LogP contribution in [-0.4, -0.2) is 22.1 Å². The molecule has 1 aliphatic heterocycles. The topological polar surface area (TPSA) is 31.0 Å². The van der Waals surface area contributed by atoms with E-state index in [1.165, 1.54) is 6.42 Å². The van der Waals surface area contributed by atoms with Gasteiger partial charge in [-0.1, -0.05) is 26.3 Å². The van der Waals surface area contributed by atoms with Crippen LogP contribution in [0.3, 0.4) is 0 Å². The number of hydrogen-bond donors (Lipinski definition) is 0. The molecule has 0 bridgehead atoms. The van der Waals surface area contributed by atoms with Gasteiger partial charge in [-0.05, 0) is 25.0 Å². The predicted molar refractivity (Wildman–Crippen MR) is 70.6 cm³/mol. The first-order valence-corrected chi connectivity index (χ1v) is 7.79. The molecule has 94 valence electrons. The molecule has 0 fully saturated rings. The fourth-order valence-electron chi connectivity index (χ4n) is 1.64. The molecule has 1 unspecified atom stereocenters. The van der Waals surface area contributed by atoms with Crippen molar-refractivity contribution in [3.05, 3.63) is 18.2 Å². The Balaban J connectivity index is 1.75. The van der Waals surface area contributed by atoms with Gasteiger partial charge in [0.05, 0.1) is 5.73 Å². The maximum atomic E-state index is 5.86. The van der Waals surface area contributed by atoms with Crippen LogP contribution in [0.5, 0.6) is 17.2 Å². The fourth-order valence-corrected chi connectivity index (χ4v) is 2.73. The van der Waals surface area contributed by atoms with E-state index < -0.39 is 9.76 Å². The number of rotatable bonds is 8. The molecule has 0 radical (unpaired) electrons. The van der Waals surface area contributed by atoms with Gasteiger partial charge in [0.2, 0.25) is 15.5 Å². The van der Waals surface area contributed by atoms with Gasteiger partial charge >= 0.3 is 0 Å². The fraction of sp³-hybridized carbons (Fsp3) is 0.538. The van der Waals surface area contributed by atoms with Gasteiger partial charge in [0.1, 0.15) is 0 Å². The minimum absolute atomic E-state index is 0.316. The molecule has 0 N–H and O–H groups in total. The largest absolute Gasteiger partial charge is 0.544 e. The van der Waals surface area contributed by atoms with Crippen LogP contribution in [0, 0.1) is 0 Å². The van der Waals surface area contributed by atoms with Crippen molar-refractivity contribution >= 4 is 9.76 Å². The van der Waals surface area contributed by atoms with Crippen LogP contribution in [0.25, 0.3) is 0 Å². The highest BCUT2D eigenvalue weighted by molar-refractivity contribution is 6.30. The Labute approximate surface area is 105 Å². The summed E-state index contributed by atoms with van der Waals surface area (Å²) < 4.78 is 17.0. The third-order valence-corrected chi connectivity index (χ3v) is 4.51. The van der Waals surface area contributed by atoms with Crippen molar-refractivity contribution in [2.24, 2.45) is 0 Å². The Hall–Kier alpha value is -1.00. The number of unbranched alkanes of at least 4 members (excludes halogenated alkanes) is 1. The quantitative estimate of drug-likeness (QED) is 0.411. The molecule has 1 heterocycles. The Morgan fingerprint density at radius 3 is 3.00 bits per heavy atom. The molecule has 0 aromatic heterocycles. The van der Waals surface area contributed by atoms with E-state index >= 15 is 0 Å². The lowest BCUT2D eigenvalue weighted by Gasteiger charge is -2.15. The summed E-state index contributed by atoms with van der Waals surface area (Å²) in [6.07, 6.45) is 3.35. The summed E-state index contributed by atoms with van der Waals surface area (Å²) in [5.74, 6) is 2.77. The van der Waals surface area contributed by atoms with Gasteiger partial charge in [0.25, 0.3) is 0 Å². The molecule has 2 rings (SSSR count). The Bertz CT molecular complexity index is 368. The van der Waals surface area contributed by atoms with Crippen LogP contribution >= 0.6 is 0 Å². The second kappa shape index (κ2) is 6.07. The molecule has 0 saturated carbocycles. The molecule has 0 saturated heterocycles. The van der Waals surface area contributed by atoms with Gasteiger partial charge in [-0.15, -0.1) is 0 Å². The van der Waals surface area contributed by atoms with E-state index in [4.69, 9.17) is 13.9 Å². The van der Waals surface area contributed by atoms with Crippen LogP contribution in [-0.2, 0) is 4.74 Å². The third kappa shape index (κ3) is 3.48. The zero-order valence-corrected chi connectivity index (χ0v) is 12.0. The smallest absolute Gasteiger partial charge is 0.248 e. The highest BCUT2D eigenvalue weighted by atomic mass is 28.2. The minimum atomic E-state index is -0.691. The van der Waals surface area contributed by atoms with Crippen molar-refractivity contribution in [3.8, 4) is 17.2 Å². The molecule has 0 amide bonds. The average molecular weight is 252 g/mol. The maximum absolute atomic E-state index is 5.86. The minimum Gasteiger partial charge on any atom is -0.544 e. The summed E-state index contributed by atoms with van der Waals surface area (Å²) in [7, 11) is -0.691. The molecule has 1 aliphatic rings. The normalized spacial score (nSPS) is 14.5. The first-order valence-electron chi connectivity index (χ1n) is 6.40. The highest BCUT2D eigenvalue weighted by Gasteiger charge is 2.25. The second-order valence-corrected chi connectivity index (χ2v) is 5.78. The van der Waals surface area contributed by atoms with Crippen molar-refractivity contribution < 1.29 is 13.9 Å². The van der Waals surface area contributed by atoms with Gasteiger partial charge in [-0.2, -0.15) is 0 Å². The number of ether oxygens (including phenoxy) is 2. The molecular formula is C13H20O3Si. The Morgan fingerprint density at radius 2 is 2.24 bits per heavy atom. The van der Waals surface area contributed by atoms with Crippen molar-refractivity contribution in [1.82, 2.24) is 0 Å². The average Bonchev–Trinajstić information content (AvgIpc) is 3.13. The van der Waals surface area contributed by atoms with E-state index in [2.05, 4.69) is 13.8 Å². The molecule has 0 spiro atoms. The predicted octanol–water partition coefficient (Wildman–Crippen LogP) is 2.81. The summed E-state index contributed by atoms with van der Waals surface area (Å²) in [5, 5.41) is 0. The highest BCUT2D eigenvalue weighted by Crippen LogP contribution is 2.51. The van der Waals surface area contributed by atoms with Crippen molar-refractivity contribution in [2.75, 3.05) is 6.61 Å². The Kier molecular flexibility index (Phi) is 4.45. The van der Waals surface area contributed by atoms with E-state index in [-0.39, 0.29) is 0 Å². The van der Waals surface area contributed by atoms with Crippen molar-refractivity contribution in [2.45, 2.75) is 38.8 Å². The molecule has 4 heteroatoms. The summed E-state index contributed by atoms with van der Waals surface area (Å²) in [6, 6.07) is 5.89. The number of fused-ring (bicyclic) bond motifs is 1. The lowest BCUT2D eigenvalue weighted by molar-refractivity contribution is 0.0937. The van der Waals surface area contributed by atoms with Crippen LogP contribution in [0.4, 0.5) is 0 Å². The van der Waals surface area contributed by atoms with Gasteiger partial charge in [-0.25, -0.2) is 0 Å². The van der Waals surface area contributed by atoms with Crippen LogP contribution in [0.2, 0.25) is 0 Å². The van der Waals surface area contributed by atoms with E-state index in [0.717, 1.165) is 36.7 Å². The molecule has 1 aromatic rings. The number of hydrogen-bond acceptors (Lipinski definition) is 3. The summed E-state index contributed by atoms with van der Waals surface area (Å²) in [5.41, 5.74) is 0.316. The zero-order chi connectivity index (χ0) is 12.1. The van der Waals surface area contributed by atoms with E-state index in [1.54, 1.807) is 0 Å². The standard InChI is InChI=1S/C13H20O3Si/c1-3-5-9-14-12(4-2)17-16-11-8-6-7-10-13(11)15-10/h6-8,12H,3-5,9,17H2,1-2H3. The molecule has 1 aromatic carbocycles. The summed E-state index contributed by atoms with van der Waals surface area (Å²) in [4.78, 5) is 0. The van der Waals surface area contributed by atoms with Gasteiger partial charge in [-0.3, -0.25) is 0 Å². The van der Waals surface area contributed by atoms with Crippen LogP contribution < -0.4 is 9.16 Å².